The van der Waals surface area contributed by atoms with E-state index in [1.807, 2.05) is 12.1 Å². The van der Waals surface area contributed by atoms with Gasteiger partial charge in [-0.1, -0.05) is 12.1 Å². The van der Waals surface area contributed by atoms with Gasteiger partial charge in [0.05, 0.1) is 17.0 Å². The second-order valence-electron chi connectivity index (χ2n) is 5.71. The van der Waals surface area contributed by atoms with Crippen LogP contribution in [0.4, 0.5) is 22.7 Å². The van der Waals surface area contributed by atoms with E-state index in [1.54, 1.807) is 12.1 Å². The van der Waals surface area contributed by atoms with Gasteiger partial charge < -0.3 is 21.0 Å². The summed E-state index contributed by atoms with van der Waals surface area (Å²) in [5.41, 5.74) is 0.110. The molecule has 1 aliphatic rings. The largest absolute Gasteiger partial charge is 0.595 e. The second kappa shape index (κ2) is 8.02. The molecule has 1 aliphatic heterocycles. The van der Waals surface area contributed by atoms with Crippen molar-refractivity contribution in [3.63, 3.8) is 0 Å². The van der Waals surface area contributed by atoms with Gasteiger partial charge in [-0.15, -0.1) is 11.8 Å². The SMILES string of the molecule is O=C(CC1Sc2ccccc2NC1=O)Nc1ccc([NH+]([O-])O)cc1[NH+]([O-])O. The Hall–Kier alpha value is -2.51. The summed E-state index contributed by atoms with van der Waals surface area (Å²) in [6.07, 6.45) is -0.162. The molecule has 10 nitrogen and oxygen atoms in total. The average molecular weight is 392 g/mol. The second-order valence-corrected chi connectivity index (χ2v) is 6.96. The zero-order valence-electron chi connectivity index (χ0n) is 13.8. The Kier molecular flexibility index (Phi) is 5.72. The molecule has 6 N–H and O–H groups in total. The van der Waals surface area contributed by atoms with Gasteiger partial charge in [0.25, 0.3) is 0 Å². The van der Waals surface area contributed by atoms with Gasteiger partial charge in [0.15, 0.2) is 11.4 Å². The molecule has 1 heterocycles. The van der Waals surface area contributed by atoms with Crippen LogP contribution in [0.3, 0.4) is 0 Å². The molecule has 0 aromatic heterocycles. The van der Waals surface area contributed by atoms with Crippen molar-refractivity contribution in [2.45, 2.75) is 16.6 Å². The first-order valence-corrected chi connectivity index (χ1v) is 8.70. The van der Waals surface area contributed by atoms with Crippen molar-refractivity contribution in [1.29, 1.82) is 0 Å². The average Bonchev–Trinajstić information content (AvgIpc) is 2.62. The molecule has 0 saturated heterocycles. The number of carbonyl (C=O) groups is 2. The fraction of sp³-hybridized carbons (Fsp3) is 0.125. The molecule has 0 saturated carbocycles. The normalized spacial score (nSPS) is 18.2. The molecule has 3 rings (SSSR count). The van der Waals surface area contributed by atoms with Crippen LogP contribution < -0.4 is 21.1 Å². The Labute approximate surface area is 157 Å². The van der Waals surface area contributed by atoms with Crippen LogP contribution in [-0.4, -0.2) is 27.5 Å². The van der Waals surface area contributed by atoms with Gasteiger partial charge in [0.2, 0.25) is 11.8 Å². The summed E-state index contributed by atoms with van der Waals surface area (Å²) in [5.74, 6) is -0.860. The highest BCUT2D eigenvalue weighted by Crippen LogP contribution is 2.36. The van der Waals surface area contributed by atoms with Crippen LogP contribution in [0, 0.1) is 10.4 Å². The van der Waals surface area contributed by atoms with E-state index in [9.17, 15) is 25.2 Å². The van der Waals surface area contributed by atoms with Gasteiger partial charge in [-0.3, -0.25) is 9.59 Å². The highest BCUT2D eigenvalue weighted by atomic mass is 32.2. The molecule has 0 radical (unpaired) electrons. The van der Waals surface area contributed by atoms with E-state index in [1.165, 1.54) is 23.9 Å². The maximum Gasteiger partial charge on any atom is 0.238 e. The lowest BCUT2D eigenvalue weighted by atomic mass is 10.2. The van der Waals surface area contributed by atoms with E-state index < -0.39 is 21.6 Å². The Morgan fingerprint density at radius 3 is 2.63 bits per heavy atom. The Bertz CT molecular complexity index is 876. The fourth-order valence-corrected chi connectivity index (χ4v) is 3.67. The molecular formula is C16H16N4O6S. The number of benzene rings is 2. The van der Waals surface area contributed by atoms with Gasteiger partial charge in [0.1, 0.15) is 5.69 Å². The molecule has 2 aromatic carbocycles. The molecule has 3 unspecified atom stereocenters. The molecule has 3 atom stereocenters. The summed E-state index contributed by atoms with van der Waals surface area (Å²) in [7, 11) is 0. The van der Waals surface area contributed by atoms with Crippen LogP contribution in [0.1, 0.15) is 6.42 Å². The number of quaternary nitrogens is 2. The lowest BCUT2D eigenvalue weighted by molar-refractivity contribution is -0.996. The molecular weight excluding hydrogens is 376 g/mol. The molecule has 0 fully saturated rings. The Balaban J connectivity index is 1.72. The minimum atomic E-state index is -1.37. The van der Waals surface area contributed by atoms with Crippen molar-refractivity contribution in [2.24, 2.45) is 0 Å². The number of fused-ring (bicyclic) bond motifs is 1. The number of thioether (sulfide) groups is 1. The number of nitrogens with one attached hydrogen (secondary N) is 4. The van der Waals surface area contributed by atoms with Crippen LogP contribution in [0.2, 0.25) is 0 Å². The molecule has 11 heteroatoms. The summed E-state index contributed by atoms with van der Waals surface area (Å²) >= 11 is 1.25. The first-order valence-electron chi connectivity index (χ1n) is 7.82. The standard InChI is InChI=1S/C16H16N4O6S/c21-15(8-14-16(22)18-11-3-1-2-4-13(11)27-14)17-10-6-5-9(19(23)24)7-12(10)20(25)26/h1-7,14,19-20,23,25H,8H2,(H,17,21)(H,18,22). The van der Waals surface area contributed by atoms with Crippen LogP contribution in [0.5, 0.6) is 0 Å². The molecule has 142 valence electrons. The van der Waals surface area contributed by atoms with Crippen molar-refractivity contribution in [3.05, 3.63) is 52.9 Å². The van der Waals surface area contributed by atoms with Gasteiger partial charge in [0, 0.05) is 17.4 Å². The number of hydrogen-bond donors (Lipinski definition) is 6. The minimum absolute atomic E-state index is 0.0286. The quantitative estimate of drug-likeness (QED) is 0.390. The van der Waals surface area contributed by atoms with Gasteiger partial charge >= 0.3 is 0 Å². The number of para-hydroxylation sites is 1. The molecule has 0 aliphatic carbocycles. The molecule has 2 amide bonds. The summed E-state index contributed by atoms with van der Waals surface area (Å²) in [6, 6.07) is 10.6. The van der Waals surface area contributed by atoms with Crippen LogP contribution >= 0.6 is 11.8 Å². The first-order chi connectivity index (χ1) is 12.8. The monoisotopic (exact) mass is 392 g/mol. The van der Waals surface area contributed by atoms with Crippen molar-refractivity contribution in [2.75, 3.05) is 10.6 Å². The van der Waals surface area contributed by atoms with E-state index in [0.29, 0.717) is 5.69 Å². The van der Waals surface area contributed by atoms with E-state index in [-0.39, 0.29) is 29.4 Å². The van der Waals surface area contributed by atoms with Crippen molar-refractivity contribution in [1.82, 2.24) is 0 Å². The molecule has 2 aromatic rings. The van der Waals surface area contributed by atoms with Gasteiger partial charge in [-0.25, -0.2) is 10.4 Å². The van der Waals surface area contributed by atoms with Crippen molar-refractivity contribution >= 4 is 46.3 Å². The van der Waals surface area contributed by atoms with Crippen molar-refractivity contribution in [3.8, 4) is 0 Å². The number of amides is 2. The highest BCUT2D eigenvalue weighted by molar-refractivity contribution is 8.01. The lowest BCUT2D eigenvalue weighted by Crippen LogP contribution is -3.00. The third kappa shape index (κ3) is 4.43. The summed E-state index contributed by atoms with van der Waals surface area (Å²) in [4.78, 5) is 25.3. The Morgan fingerprint density at radius 2 is 1.93 bits per heavy atom. The third-order valence-corrected chi connectivity index (χ3v) is 5.12. The minimum Gasteiger partial charge on any atom is -0.595 e. The van der Waals surface area contributed by atoms with E-state index in [4.69, 9.17) is 5.21 Å². The maximum atomic E-state index is 12.3. The van der Waals surface area contributed by atoms with Gasteiger partial charge in [-0.05, 0) is 18.2 Å². The summed E-state index contributed by atoms with van der Waals surface area (Å²) in [6.45, 7) is 0. The molecule has 0 spiro atoms. The van der Waals surface area contributed by atoms with Crippen LogP contribution in [-0.2, 0) is 9.59 Å². The molecule has 0 bridgehead atoms. The van der Waals surface area contributed by atoms with E-state index >= 15 is 0 Å². The Morgan fingerprint density at radius 1 is 1.19 bits per heavy atom. The number of anilines is 2. The predicted octanol–water partition coefficient (Wildman–Crippen LogP) is -0.0650. The topological polar surface area (TPSA) is 154 Å². The third-order valence-electron chi connectivity index (χ3n) is 3.85. The zero-order chi connectivity index (χ0) is 19.6. The zero-order valence-corrected chi connectivity index (χ0v) is 14.6. The summed E-state index contributed by atoms with van der Waals surface area (Å²) in [5, 5.41) is 42.4. The van der Waals surface area contributed by atoms with Crippen LogP contribution in [0.15, 0.2) is 47.4 Å². The molecule has 27 heavy (non-hydrogen) atoms. The lowest BCUT2D eigenvalue weighted by Gasteiger charge is -2.24. The van der Waals surface area contributed by atoms with Crippen molar-refractivity contribution < 1.29 is 30.5 Å². The first kappa shape index (κ1) is 19.3. The fourth-order valence-electron chi connectivity index (χ4n) is 2.56. The van der Waals surface area contributed by atoms with Gasteiger partial charge in [-0.2, -0.15) is 10.5 Å². The van der Waals surface area contributed by atoms with E-state index in [2.05, 4.69) is 10.6 Å². The number of rotatable bonds is 5. The smallest absolute Gasteiger partial charge is 0.238 e. The number of carbonyl (C=O) groups excluding carboxylic acids is 2. The number of hydrogen-bond acceptors (Lipinski definition) is 7. The van der Waals surface area contributed by atoms with E-state index in [0.717, 1.165) is 11.0 Å². The predicted molar refractivity (Wildman–Crippen MR) is 96.0 cm³/mol. The maximum absolute atomic E-state index is 12.3. The van der Waals surface area contributed by atoms with Crippen LogP contribution in [0.25, 0.3) is 0 Å². The summed E-state index contributed by atoms with van der Waals surface area (Å²) < 4.78 is 0. The highest BCUT2D eigenvalue weighted by Gasteiger charge is 2.29.